The van der Waals surface area contributed by atoms with Gasteiger partial charge in [-0.15, -0.1) is 0 Å². The number of sulfonamides is 1. The Labute approximate surface area is 122 Å². The minimum atomic E-state index is -3.74. The first-order chi connectivity index (χ1) is 9.89. The van der Waals surface area contributed by atoms with E-state index in [1.165, 1.54) is 22.5 Å². The average Bonchev–Trinajstić information content (AvgIpc) is 2.64. The largest absolute Gasteiger partial charge is 0.480 e. The van der Waals surface area contributed by atoms with Crippen LogP contribution in [0.25, 0.3) is 0 Å². The summed E-state index contributed by atoms with van der Waals surface area (Å²) in [5.41, 5.74) is 0. The van der Waals surface area contributed by atoms with Crippen molar-refractivity contribution in [3.8, 4) is 0 Å². The number of carboxylic acids is 1. The molecule has 0 radical (unpaired) electrons. The maximum atomic E-state index is 13.2. The van der Waals surface area contributed by atoms with Gasteiger partial charge in [0.05, 0.1) is 11.4 Å². The Morgan fingerprint density at radius 2 is 2.00 bits per heavy atom. The summed E-state index contributed by atoms with van der Waals surface area (Å²) in [4.78, 5) is 12.3. The lowest BCUT2D eigenvalue weighted by Gasteiger charge is -2.20. The Morgan fingerprint density at radius 3 is 2.67 bits per heavy atom. The van der Waals surface area contributed by atoms with Crippen LogP contribution >= 0.6 is 0 Å². The highest BCUT2D eigenvalue weighted by Gasteiger charge is 2.27. The fraction of sp³-hybridized carbons (Fsp3) is 0.462. The van der Waals surface area contributed by atoms with Gasteiger partial charge in [0.25, 0.3) is 0 Å². The Hall–Kier alpha value is -1.51. The molecule has 8 heteroatoms. The molecule has 0 spiro atoms. The normalized spacial score (nSPS) is 18.3. The van der Waals surface area contributed by atoms with E-state index in [0.29, 0.717) is 26.1 Å². The molecule has 6 nitrogen and oxygen atoms in total. The number of hydrogen-bond acceptors (Lipinski definition) is 4. The summed E-state index contributed by atoms with van der Waals surface area (Å²) in [6.45, 7) is 1.28. The van der Waals surface area contributed by atoms with E-state index in [9.17, 15) is 17.6 Å². The van der Waals surface area contributed by atoms with Crippen molar-refractivity contribution in [2.45, 2.75) is 11.3 Å². The van der Waals surface area contributed by atoms with Gasteiger partial charge in [-0.25, -0.2) is 12.8 Å². The second-order valence-electron chi connectivity index (χ2n) is 4.88. The summed E-state index contributed by atoms with van der Waals surface area (Å²) in [5.74, 6) is -1.53. The van der Waals surface area contributed by atoms with Crippen molar-refractivity contribution in [3.05, 3.63) is 30.1 Å². The molecule has 21 heavy (non-hydrogen) atoms. The summed E-state index contributed by atoms with van der Waals surface area (Å²) in [5, 5.41) is 8.78. The first-order valence-corrected chi connectivity index (χ1v) is 8.03. The predicted molar refractivity (Wildman–Crippen MR) is 73.9 cm³/mol. The summed E-state index contributed by atoms with van der Waals surface area (Å²) in [6, 6.07) is 4.90. The lowest BCUT2D eigenvalue weighted by molar-refractivity contribution is -0.138. The van der Waals surface area contributed by atoms with Gasteiger partial charge in [-0.05, 0) is 24.6 Å². The molecule has 1 aliphatic heterocycles. The maximum absolute atomic E-state index is 13.2. The van der Waals surface area contributed by atoms with E-state index >= 15 is 0 Å². The molecule has 0 bridgehead atoms. The molecule has 0 saturated carbocycles. The van der Waals surface area contributed by atoms with Crippen LogP contribution in [0.2, 0.25) is 0 Å². The number of benzene rings is 1. The highest BCUT2D eigenvalue weighted by atomic mass is 32.2. The first-order valence-electron chi connectivity index (χ1n) is 6.59. The van der Waals surface area contributed by atoms with Gasteiger partial charge < -0.3 is 5.11 Å². The SMILES string of the molecule is O=C(O)CN1CCCN(S(=O)(=O)c2cccc(F)c2)CC1. The minimum absolute atomic E-state index is 0.0748. The van der Waals surface area contributed by atoms with Gasteiger partial charge in [0.1, 0.15) is 5.82 Å². The fourth-order valence-electron chi connectivity index (χ4n) is 2.31. The van der Waals surface area contributed by atoms with Crippen molar-refractivity contribution >= 4 is 16.0 Å². The Morgan fingerprint density at radius 1 is 1.24 bits per heavy atom. The zero-order valence-corrected chi connectivity index (χ0v) is 12.2. The molecule has 1 fully saturated rings. The Kier molecular flexibility index (Phi) is 4.92. The molecule has 1 aromatic rings. The molecule has 0 atom stereocenters. The molecule has 1 N–H and O–H groups in total. The van der Waals surface area contributed by atoms with Gasteiger partial charge in [-0.1, -0.05) is 6.07 Å². The summed E-state index contributed by atoms with van der Waals surface area (Å²) in [7, 11) is -3.74. The van der Waals surface area contributed by atoms with Gasteiger partial charge >= 0.3 is 5.97 Å². The molecule has 0 unspecified atom stereocenters. The van der Waals surface area contributed by atoms with Gasteiger partial charge in [0.2, 0.25) is 10.0 Å². The molecule has 2 rings (SSSR count). The average molecular weight is 316 g/mol. The van der Waals surface area contributed by atoms with E-state index in [0.717, 1.165) is 6.07 Å². The van der Waals surface area contributed by atoms with Gasteiger partial charge in [-0.3, -0.25) is 9.69 Å². The van der Waals surface area contributed by atoms with Crippen molar-refractivity contribution in [3.63, 3.8) is 0 Å². The number of carbonyl (C=O) groups is 1. The summed E-state index contributed by atoms with van der Waals surface area (Å²) < 4.78 is 39.4. The first kappa shape index (κ1) is 15.9. The zero-order valence-electron chi connectivity index (χ0n) is 11.4. The highest BCUT2D eigenvalue weighted by molar-refractivity contribution is 7.89. The molecular formula is C13H17FN2O4S. The monoisotopic (exact) mass is 316 g/mol. The number of nitrogens with zero attached hydrogens (tertiary/aromatic N) is 2. The van der Waals surface area contributed by atoms with E-state index in [1.807, 2.05) is 0 Å². The van der Waals surface area contributed by atoms with Gasteiger partial charge in [0, 0.05) is 26.2 Å². The van der Waals surface area contributed by atoms with Crippen LogP contribution in [0.4, 0.5) is 4.39 Å². The van der Waals surface area contributed by atoms with Crippen molar-refractivity contribution in [2.24, 2.45) is 0 Å². The van der Waals surface area contributed by atoms with E-state index < -0.39 is 21.8 Å². The Balaban J connectivity index is 2.12. The minimum Gasteiger partial charge on any atom is -0.480 e. The van der Waals surface area contributed by atoms with Crippen LogP contribution in [0.5, 0.6) is 0 Å². The molecule has 0 amide bonds. The molecular weight excluding hydrogens is 299 g/mol. The molecule has 0 aromatic heterocycles. The predicted octanol–water partition coefficient (Wildman–Crippen LogP) is 0.607. The summed E-state index contributed by atoms with van der Waals surface area (Å²) in [6.07, 6.45) is 0.543. The van der Waals surface area contributed by atoms with E-state index in [1.54, 1.807) is 4.90 Å². The third-order valence-electron chi connectivity index (χ3n) is 3.34. The number of aliphatic carboxylic acids is 1. The van der Waals surface area contributed by atoms with Crippen LogP contribution in [0, 0.1) is 5.82 Å². The van der Waals surface area contributed by atoms with Crippen LogP contribution in [-0.4, -0.2) is 61.4 Å². The highest BCUT2D eigenvalue weighted by Crippen LogP contribution is 2.18. The molecule has 116 valence electrons. The molecule has 0 aliphatic carbocycles. The van der Waals surface area contributed by atoms with E-state index in [2.05, 4.69) is 0 Å². The van der Waals surface area contributed by atoms with Crippen molar-refractivity contribution in [2.75, 3.05) is 32.7 Å². The topological polar surface area (TPSA) is 77.9 Å². The van der Waals surface area contributed by atoms with Crippen molar-refractivity contribution in [1.29, 1.82) is 0 Å². The lowest BCUT2D eigenvalue weighted by atomic mass is 10.4. The molecule has 1 heterocycles. The standard InChI is InChI=1S/C13H17FN2O4S/c14-11-3-1-4-12(9-11)21(19,20)16-6-2-5-15(7-8-16)10-13(17)18/h1,3-4,9H,2,5-8,10H2,(H,17,18). The van der Waals surface area contributed by atoms with Crippen molar-refractivity contribution in [1.82, 2.24) is 9.21 Å². The third-order valence-corrected chi connectivity index (χ3v) is 5.23. The van der Waals surface area contributed by atoms with Crippen molar-refractivity contribution < 1.29 is 22.7 Å². The van der Waals surface area contributed by atoms with Crippen LogP contribution in [-0.2, 0) is 14.8 Å². The number of hydrogen-bond donors (Lipinski definition) is 1. The quantitative estimate of drug-likeness (QED) is 0.880. The molecule has 1 aliphatic rings. The van der Waals surface area contributed by atoms with Gasteiger partial charge in [-0.2, -0.15) is 4.31 Å². The van der Waals surface area contributed by atoms with Crippen LogP contribution in [0.15, 0.2) is 29.2 Å². The number of carboxylic acid groups (broad SMARTS) is 1. The van der Waals surface area contributed by atoms with E-state index in [4.69, 9.17) is 5.11 Å². The third kappa shape index (κ3) is 3.99. The van der Waals surface area contributed by atoms with Crippen LogP contribution in [0.3, 0.4) is 0 Å². The van der Waals surface area contributed by atoms with Crippen LogP contribution < -0.4 is 0 Å². The number of rotatable bonds is 4. The molecule has 1 saturated heterocycles. The maximum Gasteiger partial charge on any atom is 0.317 e. The van der Waals surface area contributed by atoms with Crippen LogP contribution in [0.1, 0.15) is 6.42 Å². The molecule has 1 aromatic carbocycles. The zero-order chi connectivity index (χ0) is 15.5. The second-order valence-corrected chi connectivity index (χ2v) is 6.82. The van der Waals surface area contributed by atoms with Gasteiger partial charge in [0.15, 0.2) is 0 Å². The van der Waals surface area contributed by atoms with E-state index in [-0.39, 0.29) is 18.0 Å². The summed E-state index contributed by atoms with van der Waals surface area (Å²) >= 11 is 0. The Bertz CT molecular complexity index is 620. The second kappa shape index (κ2) is 6.50. The smallest absolute Gasteiger partial charge is 0.317 e. The number of halogens is 1. The lowest BCUT2D eigenvalue weighted by Crippen LogP contribution is -2.36. The fourth-order valence-corrected chi connectivity index (χ4v) is 3.82.